The van der Waals surface area contributed by atoms with Crippen LogP contribution in [0.3, 0.4) is 0 Å². The first-order chi connectivity index (χ1) is 15.4. The van der Waals surface area contributed by atoms with Gasteiger partial charge >= 0.3 is 11.6 Å². The van der Waals surface area contributed by atoms with E-state index in [0.29, 0.717) is 22.1 Å². The SMILES string of the molecule is Cc1ccc2c(COC(=O)c3cccc4c3C(=O)c3ccccc3C4=O)cc(=O)oc2c1. The van der Waals surface area contributed by atoms with Gasteiger partial charge in [-0.25, -0.2) is 9.59 Å². The van der Waals surface area contributed by atoms with Crippen LogP contribution >= 0.6 is 0 Å². The minimum absolute atomic E-state index is 0.0125. The van der Waals surface area contributed by atoms with Gasteiger partial charge in [-0.2, -0.15) is 0 Å². The second-order valence-electron chi connectivity index (χ2n) is 7.60. The lowest BCUT2D eigenvalue weighted by Gasteiger charge is -2.19. The van der Waals surface area contributed by atoms with Crippen LogP contribution in [0.15, 0.2) is 75.9 Å². The van der Waals surface area contributed by atoms with Gasteiger partial charge in [0.05, 0.1) is 5.56 Å². The van der Waals surface area contributed by atoms with Gasteiger partial charge in [-0.05, 0) is 24.6 Å². The van der Waals surface area contributed by atoms with Crippen LogP contribution < -0.4 is 5.63 Å². The van der Waals surface area contributed by atoms with Crippen molar-refractivity contribution in [3.05, 3.63) is 116 Å². The largest absolute Gasteiger partial charge is 0.457 e. The molecule has 3 aromatic carbocycles. The molecule has 1 aliphatic carbocycles. The van der Waals surface area contributed by atoms with Gasteiger partial charge in [0, 0.05) is 39.3 Å². The van der Waals surface area contributed by atoms with Crippen molar-refractivity contribution in [1.29, 1.82) is 0 Å². The molecule has 156 valence electrons. The topological polar surface area (TPSA) is 90.7 Å². The molecule has 0 N–H and O–H groups in total. The van der Waals surface area contributed by atoms with Crippen molar-refractivity contribution in [2.75, 3.05) is 0 Å². The lowest BCUT2D eigenvalue weighted by Crippen LogP contribution is -2.24. The summed E-state index contributed by atoms with van der Waals surface area (Å²) in [4.78, 5) is 50.8. The fourth-order valence-corrected chi connectivity index (χ4v) is 3.99. The van der Waals surface area contributed by atoms with Gasteiger partial charge < -0.3 is 9.15 Å². The van der Waals surface area contributed by atoms with Crippen LogP contribution in [0, 0.1) is 6.92 Å². The third kappa shape index (κ3) is 3.13. The molecule has 0 saturated carbocycles. The maximum Gasteiger partial charge on any atom is 0.339 e. The van der Waals surface area contributed by atoms with E-state index in [-0.39, 0.29) is 34.6 Å². The second kappa shape index (κ2) is 7.42. The second-order valence-corrected chi connectivity index (χ2v) is 7.60. The van der Waals surface area contributed by atoms with Crippen LogP contribution in [0.25, 0.3) is 11.0 Å². The highest BCUT2D eigenvalue weighted by Crippen LogP contribution is 2.30. The van der Waals surface area contributed by atoms with Crippen LogP contribution in [0.4, 0.5) is 0 Å². The zero-order valence-corrected chi connectivity index (χ0v) is 17.0. The van der Waals surface area contributed by atoms with Gasteiger partial charge in [0.15, 0.2) is 11.6 Å². The Morgan fingerprint density at radius 2 is 1.56 bits per heavy atom. The number of aryl methyl sites for hydroxylation is 1. The molecular formula is C26H16O6. The first-order valence-corrected chi connectivity index (χ1v) is 9.96. The van der Waals surface area contributed by atoms with E-state index < -0.39 is 17.4 Å². The molecule has 0 radical (unpaired) electrons. The quantitative estimate of drug-likeness (QED) is 0.318. The van der Waals surface area contributed by atoms with Crippen LogP contribution in [0.2, 0.25) is 0 Å². The fourth-order valence-electron chi connectivity index (χ4n) is 3.99. The first kappa shape index (κ1) is 19.6. The summed E-state index contributed by atoms with van der Waals surface area (Å²) in [6.07, 6.45) is 0. The highest BCUT2D eigenvalue weighted by Gasteiger charge is 2.33. The number of hydrogen-bond acceptors (Lipinski definition) is 6. The van der Waals surface area contributed by atoms with Gasteiger partial charge in [0.2, 0.25) is 0 Å². The van der Waals surface area contributed by atoms with E-state index >= 15 is 0 Å². The number of hydrogen-bond donors (Lipinski definition) is 0. The predicted molar refractivity (Wildman–Crippen MR) is 116 cm³/mol. The Balaban J connectivity index is 1.50. The molecule has 1 heterocycles. The van der Waals surface area contributed by atoms with Gasteiger partial charge in [-0.3, -0.25) is 9.59 Å². The number of esters is 1. The third-order valence-corrected chi connectivity index (χ3v) is 5.52. The highest BCUT2D eigenvalue weighted by atomic mass is 16.5. The Morgan fingerprint density at radius 1 is 0.844 bits per heavy atom. The molecule has 1 aliphatic rings. The number of fused-ring (bicyclic) bond motifs is 3. The summed E-state index contributed by atoms with van der Waals surface area (Å²) < 4.78 is 10.7. The smallest absolute Gasteiger partial charge is 0.339 e. The summed E-state index contributed by atoms with van der Waals surface area (Å²) in [5, 5.41) is 0.651. The summed E-state index contributed by atoms with van der Waals surface area (Å²) in [6.45, 7) is 1.69. The zero-order chi connectivity index (χ0) is 22.4. The van der Waals surface area contributed by atoms with E-state index in [1.807, 2.05) is 13.0 Å². The van der Waals surface area contributed by atoms with Gasteiger partial charge in [0.1, 0.15) is 12.2 Å². The van der Waals surface area contributed by atoms with E-state index in [1.54, 1.807) is 42.5 Å². The standard InChI is InChI=1S/C26H16O6/c1-14-9-10-16-15(12-22(27)32-21(16)11-14)13-31-26(30)20-8-4-7-19-23(20)25(29)18-6-3-2-5-17(18)24(19)28/h2-12H,13H2,1H3. The molecule has 0 saturated heterocycles. The molecule has 6 heteroatoms. The number of rotatable bonds is 3. The number of benzene rings is 3. The monoisotopic (exact) mass is 424 g/mol. The molecule has 0 amide bonds. The molecule has 32 heavy (non-hydrogen) atoms. The molecule has 0 fully saturated rings. The van der Waals surface area contributed by atoms with Crippen molar-refractivity contribution < 1.29 is 23.5 Å². The molecular weight excluding hydrogens is 408 g/mol. The van der Waals surface area contributed by atoms with E-state index in [2.05, 4.69) is 0 Å². The molecule has 0 bridgehead atoms. The normalized spacial score (nSPS) is 12.4. The molecule has 1 aromatic heterocycles. The number of carbonyl (C=O) groups excluding carboxylic acids is 3. The Morgan fingerprint density at radius 3 is 2.34 bits per heavy atom. The molecule has 6 nitrogen and oxygen atoms in total. The average Bonchev–Trinajstić information content (AvgIpc) is 2.80. The fraction of sp³-hybridized carbons (Fsp3) is 0.0769. The summed E-state index contributed by atoms with van der Waals surface area (Å²) in [5.74, 6) is -1.47. The van der Waals surface area contributed by atoms with Crippen molar-refractivity contribution in [2.45, 2.75) is 13.5 Å². The molecule has 0 aliphatic heterocycles. The average molecular weight is 424 g/mol. The van der Waals surface area contributed by atoms with Crippen LogP contribution in [-0.4, -0.2) is 17.5 Å². The summed E-state index contributed by atoms with van der Waals surface area (Å²) >= 11 is 0. The summed E-state index contributed by atoms with van der Waals surface area (Å²) in [6, 6.07) is 17.7. The van der Waals surface area contributed by atoms with Crippen LogP contribution in [0.1, 0.15) is 53.3 Å². The maximum absolute atomic E-state index is 13.1. The van der Waals surface area contributed by atoms with E-state index in [1.165, 1.54) is 18.2 Å². The lowest BCUT2D eigenvalue weighted by molar-refractivity contribution is 0.0471. The van der Waals surface area contributed by atoms with Gasteiger partial charge in [-0.1, -0.05) is 48.5 Å². The van der Waals surface area contributed by atoms with Crippen LogP contribution in [-0.2, 0) is 11.3 Å². The van der Waals surface area contributed by atoms with E-state index in [4.69, 9.17) is 9.15 Å². The molecule has 5 rings (SSSR count). The number of carbonyl (C=O) groups is 3. The minimum atomic E-state index is -0.754. The van der Waals surface area contributed by atoms with Crippen LogP contribution in [0.5, 0.6) is 0 Å². The molecule has 0 spiro atoms. The van der Waals surface area contributed by atoms with E-state index in [0.717, 1.165) is 5.56 Å². The first-order valence-electron chi connectivity index (χ1n) is 9.96. The number of ketones is 2. The summed E-state index contributed by atoms with van der Waals surface area (Å²) in [7, 11) is 0. The van der Waals surface area contributed by atoms with E-state index in [9.17, 15) is 19.2 Å². The molecule has 4 aromatic rings. The Bertz CT molecular complexity index is 1510. The van der Waals surface area contributed by atoms with Crippen molar-refractivity contribution in [3.8, 4) is 0 Å². The van der Waals surface area contributed by atoms with Gasteiger partial charge in [0.25, 0.3) is 0 Å². The maximum atomic E-state index is 13.1. The Labute approximate surface area is 182 Å². The highest BCUT2D eigenvalue weighted by molar-refractivity contribution is 6.30. The lowest BCUT2D eigenvalue weighted by atomic mass is 9.82. The molecule has 0 unspecified atom stereocenters. The van der Waals surface area contributed by atoms with Crippen molar-refractivity contribution in [2.24, 2.45) is 0 Å². The summed E-state index contributed by atoms with van der Waals surface area (Å²) in [5.41, 5.74) is 2.05. The van der Waals surface area contributed by atoms with Gasteiger partial charge in [-0.15, -0.1) is 0 Å². The third-order valence-electron chi connectivity index (χ3n) is 5.52. The number of ether oxygens (including phenoxy) is 1. The predicted octanol–water partition coefficient (Wildman–Crippen LogP) is 4.23. The Kier molecular flexibility index (Phi) is 4.56. The minimum Gasteiger partial charge on any atom is -0.457 e. The van der Waals surface area contributed by atoms with Crippen molar-refractivity contribution >= 4 is 28.5 Å². The van der Waals surface area contributed by atoms with Crippen molar-refractivity contribution in [3.63, 3.8) is 0 Å². The molecule has 0 atom stereocenters. The van der Waals surface area contributed by atoms with Crippen molar-refractivity contribution in [1.82, 2.24) is 0 Å². The zero-order valence-electron chi connectivity index (χ0n) is 17.0. The Hall–Kier alpha value is -4.32.